The van der Waals surface area contributed by atoms with Gasteiger partial charge in [0.05, 0.1) is 18.4 Å². The molecule has 3 rings (SSSR count). The third-order valence-electron chi connectivity index (χ3n) is 7.01. The second kappa shape index (κ2) is 12.5. The zero-order chi connectivity index (χ0) is 28.0. The topological polar surface area (TPSA) is 112 Å². The molecule has 2 unspecified atom stereocenters. The third kappa shape index (κ3) is 7.54. The summed E-state index contributed by atoms with van der Waals surface area (Å²) >= 11 is 0. The van der Waals surface area contributed by atoms with Crippen molar-refractivity contribution in [3.8, 4) is 0 Å². The summed E-state index contributed by atoms with van der Waals surface area (Å²) in [5.41, 5.74) is 6.78. The monoisotopic (exact) mass is 516 g/mol. The van der Waals surface area contributed by atoms with Crippen LogP contribution in [0.1, 0.15) is 94.8 Å². The predicted molar refractivity (Wildman–Crippen MR) is 147 cm³/mol. The summed E-state index contributed by atoms with van der Waals surface area (Å²) in [6.07, 6.45) is 1.30. The van der Waals surface area contributed by atoms with Crippen molar-refractivity contribution in [2.24, 2.45) is 0 Å². The molecule has 2 atom stereocenters. The quantitative estimate of drug-likeness (QED) is 0.255. The standard InChI is InChI=1S/C32H36O6/c1-19(2)28-15-24(9-11-27(28)32(37)38)13-21(4)29-16-23(8-10-26(29)18-31(35)36)12-20(3)25-7-5-6-22(14-25)17-30(33)34/h5-11,14-16,19-21H,12-13,17-18H2,1-4H3,(H,33,34)(H,35,36)(H,37,38). The first kappa shape index (κ1) is 28.6. The number of hydrogen-bond acceptors (Lipinski definition) is 3. The third-order valence-corrected chi connectivity index (χ3v) is 7.01. The molecule has 0 fully saturated rings. The molecule has 3 aromatic rings. The number of aliphatic carboxylic acids is 2. The zero-order valence-corrected chi connectivity index (χ0v) is 22.4. The molecule has 38 heavy (non-hydrogen) atoms. The van der Waals surface area contributed by atoms with Crippen molar-refractivity contribution in [3.63, 3.8) is 0 Å². The lowest BCUT2D eigenvalue weighted by atomic mass is 9.84. The van der Waals surface area contributed by atoms with Gasteiger partial charge >= 0.3 is 17.9 Å². The maximum Gasteiger partial charge on any atom is 0.335 e. The van der Waals surface area contributed by atoms with Crippen molar-refractivity contribution in [1.29, 1.82) is 0 Å². The minimum atomic E-state index is -0.938. The van der Waals surface area contributed by atoms with Crippen LogP contribution in [-0.2, 0) is 35.3 Å². The van der Waals surface area contributed by atoms with Crippen LogP contribution in [0.2, 0.25) is 0 Å². The Hall–Kier alpha value is -3.93. The van der Waals surface area contributed by atoms with Gasteiger partial charge < -0.3 is 15.3 Å². The molecule has 0 aliphatic rings. The van der Waals surface area contributed by atoms with Crippen molar-refractivity contribution in [2.45, 2.75) is 71.1 Å². The number of hydrogen-bond donors (Lipinski definition) is 3. The van der Waals surface area contributed by atoms with Gasteiger partial charge in [-0.05, 0) is 75.6 Å². The van der Waals surface area contributed by atoms with Crippen LogP contribution in [0, 0.1) is 0 Å². The summed E-state index contributed by atoms with van der Waals surface area (Å²) in [4.78, 5) is 34.3. The van der Waals surface area contributed by atoms with E-state index in [0.29, 0.717) is 12.0 Å². The predicted octanol–water partition coefficient (Wildman–Crippen LogP) is 6.45. The number of aromatic carboxylic acids is 1. The molecule has 0 spiro atoms. The second-order valence-electron chi connectivity index (χ2n) is 10.5. The van der Waals surface area contributed by atoms with Crippen LogP contribution in [0.5, 0.6) is 0 Å². The summed E-state index contributed by atoms with van der Waals surface area (Å²) in [6, 6.07) is 19.1. The van der Waals surface area contributed by atoms with Gasteiger partial charge in [0.15, 0.2) is 0 Å². The first-order chi connectivity index (χ1) is 17.9. The Balaban J connectivity index is 1.88. The van der Waals surface area contributed by atoms with Crippen LogP contribution in [-0.4, -0.2) is 33.2 Å². The van der Waals surface area contributed by atoms with Gasteiger partial charge in [-0.2, -0.15) is 0 Å². The van der Waals surface area contributed by atoms with Gasteiger partial charge in [-0.1, -0.05) is 82.3 Å². The van der Waals surface area contributed by atoms with Crippen LogP contribution in [0.3, 0.4) is 0 Å². The van der Waals surface area contributed by atoms with E-state index in [0.717, 1.165) is 45.4 Å². The molecule has 6 nitrogen and oxygen atoms in total. The van der Waals surface area contributed by atoms with E-state index in [1.807, 2.05) is 62.4 Å². The fourth-order valence-corrected chi connectivity index (χ4v) is 5.08. The van der Waals surface area contributed by atoms with Gasteiger partial charge in [0.25, 0.3) is 0 Å². The highest BCUT2D eigenvalue weighted by molar-refractivity contribution is 5.89. The first-order valence-electron chi connectivity index (χ1n) is 12.9. The second-order valence-corrected chi connectivity index (χ2v) is 10.5. The average molecular weight is 517 g/mol. The normalized spacial score (nSPS) is 12.8. The van der Waals surface area contributed by atoms with Crippen molar-refractivity contribution >= 4 is 17.9 Å². The average Bonchev–Trinajstić information content (AvgIpc) is 2.84. The van der Waals surface area contributed by atoms with Crippen LogP contribution in [0.25, 0.3) is 0 Å². The molecule has 0 radical (unpaired) electrons. The largest absolute Gasteiger partial charge is 0.481 e. The maximum absolute atomic E-state index is 11.6. The number of carboxylic acids is 3. The lowest BCUT2D eigenvalue weighted by Gasteiger charge is -2.20. The van der Waals surface area contributed by atoms with Gasteiger partial charge in [0, 0.05) is 0 Å². The molecule has 0 bridgehead atoms. The number of benzene rings is 3. The molecule has 0 heterocycles. The summed E-state index contributed by atoms with van der Waals surface area (Å²) in [5, 5.41) is 28.2. The maximum atomic E-state index is 11.6. The van der Waals surface area contributed by atoms with E-state index in [4.69, 9.17) is 5.11 Å². The molecule has 6 heteroatoms. The van der Waals surface area contributed by atoms with Crippen molar-refractivity contribution in [1.82, 2.24) is 0 Å². The Labute approximate surface area is 224 Å². The summed E-state index contributed by atoms with van der Waals surface area (Å²) in [6.45, 7) is 8.12. The number of carboxylic acid groups (broad SMARTS) is 3. The highest BCUT2D eigenvalue weighted by Gasteiger charge is 2.19. The minimum absolute atomic E-state index is 0.0158. The minimum Gasteiger partial charge on any atom is -0.481 e. The van der Waals surface area contributed by atoms with Gasteiger partial charge in [-0.3, -0.25) is 9.59 Å². The van der Waals surface area contributed by atoms with Crippen LogP contribution >= 0.6 is 0 Å². The fraction of sp³-hybridized carbons (Fsp3) is 0.344. The van der Waals surface area contributed by atoms with Gasteiger partial charge in [0.2, 0.25) is 0 Å². The molecular weight excluding hydrogens is 480 g/mol. The lowest BCUT2D eigenvalue weighted by Crippen LogP contribution is -2.10. The summed E-state index contributed by atoms with van der Waals surface area (Å²) in [7, 11) is 0. The molecule has 200 valence electrons. The van der Waals surface area contributed by atoms with E-state index in [2.05, 4.69) is 19.9 Å². The molecule has 0 amide bonds. The smallest absolute Gasteiger partial charge is 0.335 e. The van der Waals surface area contributed by atoms with E-state index in [9.17, 15) is 24.6 Å². The van der Waals surface area contributed by atoms with Gasteiger partial charge in [-0.25, -0.2) is 4.79 Å². The molecule has 3 aromatic carbocycles. The highest BCUT2D eigenvalue weighted by Crippen LogP contribution is 2.30. The Kier molecular flexibility index (Phi) is 9.45. The Morgan fingerprint density at radius 1 is 0.658 bits per heavy atom. The van der Waals surface area contributed by atoms with E-state index in [-0.39, 0.29) is 30.6 Å². The van der Waals surface area contributed by atoms with E-state index in [1.54, 1.807) is 6.07 Å². The SMILES string of the molecule is CC(C)c1cc(CC(C)c2cc(CC(C)c3cccc(CC(=O)O)c3)ccc2CC(=O)O)ccc1C(=O)O. The number of rotatable bonds is 12. The fourth-order valence-electron chi connectivity index (χ4n) is 5.08. The highest BCUT2D eigenvalue weighted by atomic mass is 16.4. The van der Waals surface area contributed by atoms with Crippen molar-refractivity contribution in [3.05, 3.63) is 105 Å². The zero-order valence-electron chi connectivity index (χ0n) is 22.4. The van der Waals surface area contributed by atoms with E-state index < -0.39 is 17.9 Å². The van der Waals surface area contributed by atoms with Crippen LogP contribution in [0.4, 0.5) is 0 Å². The van der Waals surface area contributed by atoms with Crippen LogP contribution < -0.4 is 0 Å². The van der Waals surface area contributed by atoms with Gasteiger partial charge in [0.1, 0.15) is 0 Å². The van der Waals surface area contributed by atoms with Crippen LogP contribution in [0.15, 0.2) is 60.7 Å². The molecule has 0 aromatic heterocycles. The Morgan fingerprint density at radius 2 is 1.26 bits per heavy atom. The molecule has 0 saturated carbocycles. The molecular formula is C32H36O6. The van der Waals surface area contributed by atoms with Crippen molar-refractivity contribution in [2.75, 3.05) is 0 Å². The summed E-state index contributed by atoms with van der Waals surface area (Å²) < 4.78 is 0. The number of carbonyl (C=O) groups is 3. The van der Waals surface area contributed by atoms with Gasteiger partial charge in [-0.15, -0.1) is 0 Å². The molecule has 3 N–H and O–H groups in total. The molecule has 0 saturated heterocycles. The van der Waals surface area contributed by atoms with E-state index in [1.165, 1.54) is 0 Å². The molecule has 0 aliphatic heterocycles. The Morgan fingerprint density at radius 3 is 1.87 bits per heavy atom. The molecule has 0 aliphatic carbocycles. The first-order valence-corrected chi connectivity index (χ1v) is 12.9. The van der Waals surface area contributed by atoms with Crippen molar-refractivity contribution < 1.29 is 29.7 Å². The Bertz CT molecular complexity index is 1320. The summed E-state index contributed by atoms with van der Waals surface area (Å²) in [5.74, 6) is -2.45. The lowest BCUT2D eigenvalue weighted by molar-refractivity contribution is -0.137. The van der Waals surface area contributed by atoms with E-state index >= 15 is 0 Å².